The van der Waals surface area contributed by atoms with Crippen molar-refractivity contribution in [1.29, 1.82) is 0 Å². The van der Waals surface area contributed by atoms with Crippen molar-refractivity contribution >= 4 is 34.0 Å². The number of rotatable bonds is 3. The minimum absolute atomic E-state index is 0.164. The van der Waals surface area contributed by atoms with Crippen LogP contribution in [0.2, 0.25) is 0 Å². The second-order valence-electron chi connectivity index (χ2n) is 4.54. The molecule has 1 aliphatic rings. The average Bonchev–Trinajstić information content (AvgIpc) is 2.78. The van der Waals surface area contributed by atoms with Gasteiger partial charge < -0.3 is 0 Å². The van der Waals surface area contributed by atoms with Crippen LogP contribution >= 0.6 is 15.9 Å². The van der Waals surface area contributed by atoms with Gasteiger partial charge in [-0.1, -0.05) is 58.4 Å². The second-order valence-corrected chi connectivity index (χ2v) is 5.53. The first-order valence-electron chi connectivity index (χ1n) is 6.39. The van der Waals surface area contributed by atoms with Crippen molar-refractivity contribution in [2.45, 2.75) is 4.83 Å². The number of benzene rings is 2. The van der Waals surface area contributed by atoms with Gasteiger partial charge in [0.15, 0.2) is 0 Å². The second kappa shape index (κ2) is 5.61. The Morgan fingerprint density at radius 1 is 0.905 bits per heavy atom. The molecule has 21 heavy (non-hydrogen) atoms. The first kappa shape index (κ1) is 13.7. The lowest BCUT2D eigenvalue weighted by atomic mass is 10.1. The maximum absolute atomic E-state index is 12.1. The fourth-order valence-electron chi connectivity index (χ4n) is 2.13. The smallest absolute Gasteiger partial charge is 0.267 e. The third-order valence-electron chi connectivity index (χ3n) is 3.20. The van der Waals surface area contributed by atoms with Crippen LogP contribution in [0.4, 0.5) is 0 Å². The van der Waals surface area contributed by atoms with E-state index in [1.54, 1.807) is 24.3 Å². The zero-order chi connectivity index (χ0) is 14.8. The molecule has 2 amide bonds. The average molecular weight is 343 g/mol. The summed E-state index contributed by atoms with van der Waals surface area (Å²) >= 11 is 3.47. The SMILES string of the molecule is O=C1c2ccccc2C(=O)N1/N=C/C(Br)c1ccccc1. The molecule has 4 nitrogen and oxygen atoms in total. The number of carbonyl (C=O) groups excluding carboxylic acids is 2. The molecule has 5 heteroatoms. The summed E-state index contributed by atoms with van der Waals surface area (Å²) in [5.41, 5.74) is 1.79. The topological polar surface area (TPSA) is 49.7 Å². The molecule has 0 aliphatic carbocycles. The summed E-state index contributed by atoms with van der Waals surface area (Å²) in [5.74, 6) is -0.778. The fourth-order valence-corrected chi connectivity index (χ4v) is 2.54. The van der Waals surface area contributed by atoms with E-state index < -0.39 is 0 Å². The van der Waals surface area contributed by atoms with Crippen molar-refractivity contribution in [2.24, 2.45) is 5.10 Å². The van der Waals surface area contributed by atoms with E-state index in [-0.39, 0.29) is 16.6 Å². The van der Waals surface area contributed by atoms with Gasteiger partial charge in [0.25, 0.3) is 11.8 Å². The highest BCUT2D eigenvalue weighted by Crippen LogP contribution is 2.24. The van der Waals surface area contributed by atoms with Gasteiger partial charge >= 0.3 is 0 Å². The number of imide groups is 1. The molecule has 1 unspecified atom stereocenters. The number of hydrogen-bond donors (Lipinski definition) is 0. The first-order valence-corrected chi connectivity index (χ1v) is 7.31. The van der Waals surface area contributed by atoms with Crippen molar-refractivity contribution in [3.63, 3.8) is 0 Å². The summed E-state index contributed by atoms with van der Waals surface area (Å²) in [6.45, 7) is 0. The van der Waals surface area contributed by atoms with Gasteiger partial charge in [-0.15, -0.1) is 0 Å². The van der Waals surface area contributed by atoms with Crippen molar-refractivity contribution in [3.05, 3.63) is 71.3 Å². The van der Waals surface area contributed by atoms with Crippen LogP contribution in [0.5, 0.6) is 0 Å². The molecule has 0 radical (unpaired) electrons. The zero-order valence-corrected chi connectivity index (χ0v) is 12.5. The Morgan fingerprint density at radius 3 is 2.00 bits per heavy atom. The van der Waals surface area contributed by atoms with Gasteiger partial charge in [0, 0.05) is 6.21 Å². The molecule has 0 spiro atoms. The number of alkyl halides is 1. The largest absolute Gasteiger partial charge is 0.282 e. The van der Waals surface area contributed by atoms with Crippen LogP contribution in [0, 0.1) is 0 Å². The van der Waals surface area contributed by atoms with Gasteiger partial charge in [-0.25, -0.2) is 0 Å². The molecule has 2 aromatic carbocycles. The quantitative estimate of drug-likeness (QED) is 0.487. The van der Waals surface area contributed by atoms with Crippen LogP contribution < -0.4 is 0 Å². The number of amides is 2. The third kappa shape index (κ3) is 2.52. The molecule has 0 saturated heterocycles. The Hall–Kier alpha value is -2.27. The first-order chi connectivity index (χ1) is 10.2. The highest BCUT2D eigenvalue weighted by Gasteiger charge is 2.35. The molecule has 0 aromatic heterocycles. The minimum atomic E-state index is -0.389. The molecule has 104 valence electrons. The molecule has 0 N–H and O–H groups in total. The van der Waals surface area contributed by atoms with E-state index in [0.29, 0.717) is 11.1 Å². The number of hydrazone groups is 1. The molecule has 1 atom stereocenters. The molecule has 1 aliphatic heterocycles. The van der Waals surface area contributed by atoms with Crippen molar-refractivity contribution in [2.75, 3.05) is 0 Å². The number of fused-ring (bicyclic) bond motifs is 1. The molecular formula is C16H11BrN2O2. The molecule has 3 rings (SSSR count). The highest BCUT2D eigenvalue weighted by molar-refractivity contribution is 9.09. The molecule has 2 aromatic rings. The monoisotopic (exact) mass is 342 g/mol. The third-order valence-corrected chi connectivity index (χ3v) is 3.97. The van der Waals surface area contributed by atoms with Gasteiger partial charge in [-0.2, -0.15) is 10.1 Å². The normalized spacial score (nSPS) is 15.6. The van der Waals surface area contributed by atoms with Gasteiger partial charge in [0.2, 0.25) is 0 Å². The Morgan fingerprint density at radius 2 is 1.43 bits per heavy atom. The molecule has 1 heterocycles. The predicted octanol–water partition coefficient (Wildman–Crippen LogP) is 3.40. The molecule has 0 fully saturated rings. The maximum Gasteiger partial charge on any atom is 0.282 e. The Labute approximate surface area is 130 Å². The molecule has 0 saturated carbocycles. The number of hydrogen-bond acceptors (Lipinski definition) is 3. The van der Waals surface area contributed by atoms with Crippen LogP contribution in [0.1, 0.15) is 31.1 Å². The lowest BCUT2D eigenvalue weighted by molar-refractivity contribution is 0.0659. The van der Waals surface area contributed by atoms with E-state index in [1.807, 2.05) is 30.3 Å². The molecular weight excluding hydrogens is 332 g/mol. The van der Waals surface area contributed by atoms with E-state index in [0.717, 1.165) is 10.6 Å². The van der Waals surface area contributed by atoms with Crippen molar-refractivity contribution in [3.8, 4) is 0 Å². The Balaban J connectivity index is 1.82. The molecule has 0 bridgehead atoms. The summed E-state index contributed by atoms with van der Waals surface area (Å²) in [4.78, 5) is 24.1. The minimum Gasteiger partial charge on any atom is -0.267 e. The fraction of sp³-hybridized carbons (Fsp3) is 0.0625. The lowest BCUT2D eigenvalue weighted by Gasteiger charge is -2.08. The lowest BCUT2D eigenvalue weighted by Crippen LogP contribution is -2.24. The summed E-state index contributed by atoms with van der Waals surface area (Å²) in [6.07, 6.45) is 1.54. The summed E-state index contributed by atoms with van der Waals surface area (Å²) in [5, 5.41) is 4.94. The van der Waals surface area contributed by atoms with Crippen molar-refractivity contribution < 1.29 is 9.59 Å². The Kier molecular flexibility index (Phi) is 3.66. The number of carbonyl (C=O) groups is 2. The van der Waals surface area contributed by atoms with Gasteiger partial charge in [0.1, 0.15) is 0 Å². The van der Waals surface area contributed by atoms with Crippen LogP contribution in [0.25, 0.3) is 0 Å². The van der Waals surface area contributed by atoms with E-state index in [4.69, 9.17) is 0 Å². The van der Waals surface area contributed by atoms with Gasteiger partial charge in [-0.05, 0) is 17.7 Å². The van der Waals surface area contributed by atoms with Crippen LogP contribution in [-0.4, -0.2) is 23.0 Å². The van der Waals surface area contributed by atoms with E-state index >= 15 is 0 Å². The Bertz CT molecular complexity index is 693. The van der Waals surface area contributed by atoms with Gasteiger partial charge in [-0.3, -0.25) is 9.59 Å². The van der Waals surface area contributed by atoms with E-state index in [9.17, 15) is 9.59 Å². The summed E-state index contributed by atoms with van der Waals surface area (Å²) in [6, 6.07) is 16.4. The standard InChI is InChI=1S/C16H11BrN2O2/c17-14(11-6-2-1-3-7-11)10-18-19-15(20)12-8-4-5-9-13(12)16(19)21/h1-10,14H/b18-10+. The number of halogens is 1. The zero-order valence-electron chi connectivity index (χ0n) is 10.9. The van der Waals surface area contributed by atoms with Crippen LogP contribution in [0.15, 0.2) is 59.7 Å². The van der Waals surface area contributed by atoms with Crippen LogP contribution in [0.3, 0.4) is 0 Å². The van der Waals surface area contributed by atoms with Gasteiger partial charge in [0.05, 0.1) is 16.0 Å². The number of nitrogens with zero attached hydrogens (tertiary/aromatic N) is 2. The van der Waals surface area contributed by atoms with E-state index in [2.05, 4.69) is 21.0 Å². The van der Waals surface area contributed by atoms with E-state index in [1.165, 1.54) is 6.21 Å². The predicted molar refractivity (Wildman–Crippen MR) is 83.5 cm³/mol. The summed E-state index contributed by atoms with van der Waals surface area (Å²) in [7, 11) is 0. The maximum atomic E-state index is 12.1. The van der Waals surface area contributed by atoms with Crippen LogP contribution in [-0.2, 0) is 0 Å². The highest BCUT2D eigenvalue weighted by atomic mass is 79.9. The van der Waals surface area contributed by atoms with Crippen molar-refractivity contribution in [1.82, 2.24) is 5.01 Å². The summed E-state index contributed by atoms with van der Waals surface area (Å²) < 4.78 is 0.